The van der Waals surface area contributed by atoms with Crippen molar-refractivity contribution in [3.63, 3.8) is 0 Å². The third-order valence-electron chi connectivity index (χ3n) is 6.73. The van der Waals surface area contributed by atoms with Gasteiger partial charge in [0.1, 0.15) is 15.2 Å². The standard InChI is InChI=1S/C28H25N5O2S2/c1-3-23(34)32-14-4-6-19(16-32)31-27(35)26-25-24-21(12-13-29-28(24)37-26)33(17(2)30-25)20-10-8-18(9-11-20)22-7-5-15-36-22/h3,5,7-13,15,19,30H,1-2,4,6,14,16H2,(H,31,35)/t19-/m1/s1. The SMILES string of the molecule is C=CC(=O)N1CCC[C@@H](NC(=O)c2sc3nccc4c3c2[nH]c(=C)n4-c2ccc(-c3cccs3)cc2)C1. The predicted molar refractivity (Wildman–Crippen MR) is 151 cm³/mol. The molecule has 6 rings (SSSR count). The molecular weight excluding hydrogens is 502 g/mol. The third kappa shape index (κ3) is 4.20. The van der Waals surface area contributed by atoms with Crippen molar-refractivity contribution in [3.05, 3.63) is 77.1 Å². The molecule has 0 saturated carbocycles. The van der Waals surface area contributed by atoms with Crippen molar-refractivity contribution in [1.82, 2.24) is 24.8 Å². The summed E-state index contributed by atoms with van der Waals surface area (Å²) >= 11 is 3.07. The smallest absolute Gasteiger partial charge is 0.263 e. The fourth-order valence-corrected chi connectivity index (χ4v) is 6.76. The second-order valence-electron chi connectivity index (χ2n) is 9.05. The van der Waals surface area contributed by atoms with Crippen LogP contribution >= 0.6 is 22.7 Å². The van der Waals surface area contributed by atoms with E-state index in [0.717, 1.165) is 39.8 Å². The largest absolute Gasteiger partial charge is 0.347 e. The molecule has 4 aromatic heterocycles. The lowest BCUT2D eigenvalue weighted by molar-refractivity contribution is -0.127. The van der Waals surface area contributed by atoms with Crippen LogP contribution in [0.5, 0.6) is 0 Å². The van der Waals surface area contributed by atoms with Crippen LogP contribution in [0.15, 0.2) is 66.7 Å². The molecule has 0 aliphatic carbocycles. The zero-order valence-corrected chi connectivity index (χ0v) is 21.7. The van der Waals surface area contributed by atoms with Gasteiger partial charge in [-0.2, -0.15) is 0 Å². The van der Waals surface area contributed by atoms with Gasteiger partial charge < -0.3 is 15.2 Å². The van der Waals surface area contributed by atoms with Crippen molar-refractivity contribution in [3.8, 4) is 16.1 Å². The van der Waals surface area contributed by atoms with E-state index in [1.807, 2.05) is 6.07 Å². The third-order valence-corrected chi connectivity index (χ3v) is 8.75. The molecule has 7 nitrogen and oxygen atoms in total. The Morgan fingerprint density at radius 3 is 2.78 bits per heavy atom. The number of amides is 2. The van der Waals surface area contributed by atoms with Crippen molar-refractivity contribution in [2.24, 2.45) is 0 Å². The second kappa shape index (κ2) is 9.49. The van der Waals surface area contributed by atoms with Crippen LogP contribution in [-0.4, -0.2) is 50.4 Å². The maximum atomic E-state index is 13.4. The van der Waals surface area contributed by atoms with Gasteiger partial charge in [0.2, 0.25) is 5.91 Å². The zero-order valence-electron chi connectivity index (χ0n) is 20.1. The topological polar surface area (TPSA) is 83.0 Å². The van der Waals surface area contributed by atoms with Gasteiger partial charge in [0.05, 0.1) is 16.4 Å². The van der Waals surface area contributed by atoms with E-state index >= 15 is 0 Å². The summed E-state index contributed by atoms with van der Waals surface area (Å²) in [5, 5.41) is 6.11. The van der Waals surface area contributed by atoms with Crippen molar-refractivity contribution < 1.29 is 9.59 Å². The van der Waals surface area contributed by atoms with Gasteiger partial charge >= 0.3 is 0 Å². The monoisotopic (exact) mass is 527 g/mol. The number of nitrogens with one attached hydrogen (secondary N) is 2. The lowest BCUT2D eigenvalue weighted by atomic mass is 10.1. The molecule has 1 atom stereocenters. The molecule has 0 spiro atoms. The number of rotatable bonds is 5. The van der Waals surface area contributed by atoms with E-state index in [0.29, 0.717) is 23.4 Å². The van der Waals surface area contributed by atoms with Gasteiger partial charge in [-0.25, -0.2) is 4.98 Å². The molecule has 9 heteroatoms. The van der Waals surface area contributed by atoms with Crippen LogP contribution in [0.3, 0.4) is 0 Å². The number of pyridine rings is 1. The van der Waals surface area contributed by atoms with Crippen molar-refractivity contribution >= 4 is 62.3 Å². The molecule has 1 aliphatic heterocycles. The number of aromatic nitrogens is 3. The number of aromatic amines is 1. The number of carbonyl (C=O) groups excluding carboxylic acids is 2. The van der Waals surface area contributed by atoms with Gasteiger partial charge in [-0.3, -0.25) is 14.2 Å². The molecule has 2 amide bonds. The molecule has 1 aliphatic rings. The zero-order chi connectivity index (χ0) is 25.5. The first kappa shape index (κ1) is 23.4. The van der Waals surface area contributed by atoms with E-state index in [1.165, 1.54) is 27.9 Å². The Labute approximate surface area is 221 Å². The highest BCUT2D eigenvalue weighted by molar-refractivity contribution is 7.21. The van der Waals surface area contributed by atoms with Crippen LogP contribution in [0, 0.1) is 0 Å². The minimum atomic E-state index is -0.170. The quantitative estimate of drug-likeness (QED) is 0.319. The summed E-state index contributed by atoms with van der Waals surface area (Å²) in [6, 6.07) is 14.4. The average molecular weight is 528 g/mol. The van der Waals surface area contributed by atoms with Crippen LogP contribution in [0.2, 0.25) is 0 Å². The van der Waals surface area contributed by atoms with E-state index in [2.05, 4.69) is 74.8 Å². The summed E-state index contributed by atoms with van der Waals surface area (Å²) in [7, 11) is 0. The van der Waals surface area contributed by atoms with Crippen molar-refractivity contribution in [2.75, 3.05) is 13.1 Å². The van der Waals surface area contributed by atoms with Crippen LogP contribution in [0.4, 0.5) is 0 Å². The normalized spacial score (nSPS) is 15.8. The molecule has 5 aromatic rings. The molecule has 5 heterocycles. The molecule has 0 unspecified atom stereocenters. The minimum Gasteiger partial charge on any atom is -0.347 e. The Bertz CT molecular complexity index is 1690. The Morgan fingerprint density at radius 1 is 1.19 bits per heavy atom. The Kier molecular flexibility index (Phi) is 6.02. The molecule has 2 N–H and O–H groups in total. The second-order valence-corrected chi connectivity index (χ2v) is 11.0. The number of nitrogens with zero attached hydrogens (tertiary/aromatic N) is 3. The molecule has 37 heavy (non-hydrogen) atoms. The number of hydrogen-bond acceptors (Lipinski definition) is 5. The summed E-state index contributed by atoms with van der Waals surface area (Å²) < 4.78 is 2.06. The summed E-state index contributed by atoms with van der Waals surface area (Å²) in [5.74, 6) is -0.276. The maximum absolute atomic E-state index is 13.4. The number of H-pyrrole nitrogens is 1. The van der Waals surface area contributed by atoms with Gasteiger partial charge in [-0.1, -0.05) is 31.4 Å². The number of benzene rings is 1. The van der Waals surface area contributed by atoms with Gasteiger partial charge in [-0.05, 0) is 54.1 Å². The number of likely N-dealkylation sites (tertiary alicyclic amines) is 1. The molecule has 1 aromatic carbocycles. The van der Waals surface area contributed by atoms with Gasteiger partial charge in [0.25, 0.3) is 5.91 Å². The van der Waals surface area contributed by atoms with Crippen LogP contribution in [-0.2, 0) is 4.79 Å². The van der Waals surface area contributed by atoms with E-state index < -0.39 is 0 Å². The van der Waals surface area contributed by atoms with Crippen LogP contribution in [0.25, 0.3) is 44.0 Å². The minimum absolute atomic E-state index is 0.105. The molecule has 1 saturated heterocycles. The summed E-state index contributed by atoms with van der Waals surface area (Å²) in [5.41, 5.74) is 4.47. The fraction of sp³-hybridized carbons (Fsp3) is 0.179. The van der Waals surface area contributed by atoms with Gasteiger partial charge in [-0.15, -0.1) is 22.7 Å². The fourth-order valence-electron chi connectivity index (χ4n) is 5.01. The van der Waals surface area contributed by atoms with E-state index in [9.17, 15) is 9.59 Å². The number of hydrogen-bond donors (Lipinski definition) is 2. The van der Waals surface area contributed by atoms with Gasteiger partial charge in [0.15, 0.2) is 0 Å². The molecule has 186 valence electrons. The Morgan fingerprint density at radius 2 is 2.03 bits per heavy atom. The van der Waals surface area contributed by atoms with E-state index in [4.69, 9.17) is 0 Å². The average Bonchev–Trinajstić information content (AvgIpc) is 3.58. The summed E-state index contributed by atoms with van der Waals surface area (Å²) in [6.07, 6.45) is 4.76. The lowest BCUT2D eigenvalue weighted by Gasteiger charge is -2.32. The Balaban J connectivity index is 1.36. The highest BCUT2D eigenvalue weighted by atomic mass is 32.1. The molecule has 0 bridgehead atoms. The Hall–Kier alpha value is -3.95. The first-order chi connectivity index (χ1) is 18.0. The van der Waals surface area contributed by atoms with Crippen LogP contribution in [0.1, 0.15) is 22.5 Å². The lowest BCUT2D eigenvalue weighted by Crippen LogP contribution is -2.49. The van der Waals surface area contributed by atoms with Crippen molar-refractivity contribution in [1.29, 1.82) is 0 Å². The van der Waals surface area contributed by atoms with Crippen molar-refractivity contribution in [2.45, 2.75) is 18.9 Å². The number of thiophene rings is 2. The number of carbonyl (C=O) groups is 2. The first-order valence-corrected chi connectivity index (χ1v) is 13.8. The highest BCUT2D eigenvalue weighted by Gasteiger charge is 2.26. The molecular formula is C28H25N5O2S2. The molecule has 1 fully saturated rings. The first-order valence-electron chi connectivity index (χ1n) is 12.1. The van der Waals surface area contributed by atoms with E-state index in [-0.39, 0.29) is 17.9 Å². The predicted octanol–water partition coefficient (Wildman–Crippen LogP) is 4.90. The summed E-state index contributed by atoms with van der Waals surface area (Å²) in [4.78, 5) is 37.7. The highest BCUT2D eigenvalue weighted by Crippen LogP contribution is 2.34. The maximum Gasteiger partial charge on any atom is 0.263 e. The molecule has 0 radical (unpaired) electrons. The number of piperidine rings is 1. The van der Waals surface area contributed by atoms with E-state index in [1.54, 1.807) is 22.4 Å². The van der Waals surface area contributed by atoms with Gasteiger partial charge in [0, 0.05) is 35.9 Å². The van der Waals surface area contributed by atoms with Crippen LogP contribution < -0.4 is 10.8 Å². The summed E-state index contributed by atoms with van der Waals surface area (Å²) in [6.45, 7) is 9.03.